The van der Waals surface area contributed by atoms with Gasteiger partial charge < -0.3 is 0 Å². The second-order valence-electron chi connectivity index (χ2n) is 4.81. The Kier molecular flexibility index (Phi) is 4.58. The van der Waals surface area contributed by atoms with Crippen LogP contribution in [0.1, 0.15) is 37.3 Å². The Morgan fingerprint density at radius 3 is 2.83 bits per heavy atom. The van der Waals surface area contributed by atoms with Crippen LogP contribution in [0.3, 0.4) is 0 Å². The number of hydrogen-bond acceptors (Lipinski definition) is 0. The van der Waals surface area contributed by atoms with Crippen LogP contribution in [-0.2, 0) is 12.8 Å². The molecule has 0 fully saturated rings. The molecule has 18 heavy (non-hydrogen) atoms. The van der Waals surface area contributed by atoms with Crippen molar-refractivity contribution in [2.24, 2.45) is 0 Å². The predicted octanol–water partition coefficient (Wildman–Crippen LogP) is 5.10. The Bertz CT molecular complexity index is 523. The molecule has 2 aromatic rings. The summed E-state index contributed by atoms with van der Waals surface area (Å²) in [6, 6.07) is 14.4. The van der Waals surface area contributed by atoms with Gasteiger partial charge in [0.2, 0.25) is 0 Å². The highest BCUT2D eigenvalue weighted by atomic mass is 14.1. The minimum atomic E-state index is 0.947. The lowest BCUT2D eigenvalue weighted by molar-refractivity contribution is 0.714. The molecule has 1 radical (unpaired) electrons. The maximum absolute atomic E-state index is 3.86. The summed E-state index contributed by atoms with van der Waals surface area (Å²) in [5.74, 6) is 0. The fraction of sp³-hybridized carbons (Fsp3) is 0.333. The van der Waals surface area contributed by atoms with Gasteiger partial charge in [0.25, 0.3) is 0 Å². The van der Waals surface area contributed by atoms with Crippen LogP contribution in [0.4, 0.5) is 0 Å². The fourth-order valence-electron chi connectivity index (χ4n) is 2.37. The normalized spacial score (nSPS) is 10.7. The van der Waals surface area contributed by atoms with E-state index in [0.29, 0.717) is 0 Å². The Morgan fingerprint density at radius 2 is 2.06 bits per heavy atom. The Labute approximate surface area is 110 Å². The molecule has 0 aliphatic rings. The average molecular weight is 237 g/mol. The monoisotopic (exact) mass is 237 g/mol. The highest BCUT2D eigenvalue weighted by Crippen LogP contribution is 2.22. The van der Waals surface area contributed by atoms with Gasteiger partial charge in [0, 0.05) is 0 Å². The summed E-state index contributed by atoms with van der Waals surface area (Å²) in [7, 11) is 0. The molecule has 0 N–H and O–H groups in total. The van der Waals surface area contributed by atoms with Crippen molar-refractivity contribution in [2.75, 3.05) is 0 Å². The van der Waals surface area contributed by atoms with Crippen LogP contribution in [0, 0.1) is 6.07 Å². The summed E-state index contributed by atoms with van der Waals surface area (Å²) in [6.45, 7) is 6.10. The maximum Gasteiger partial charge on any atom is -0.00613 e. The molecule has 0 heterocycles. The lowest BCUT2D eigenvalue weighted by Gasteiger charge is -2.09. The van der Waals surface area contributed by atoms with Gasteiger partial charge in [-0.3, -0.25) is 0 Å². The number of benzene rings is 2. The molecule has 0 unspecified atom stereocenters. The molecule has 2 rings (SSSR count). The summed E-state index contributed by atoms with van der Waals surface area (Å²) in [6.07, 6.45) is 7.90. The van der Waals surface area contributed by atoms with E-state index in [0.717, 1.165) is 12.8 Å². The van der Waals surface area contributed by atoms with E-state index in [2.05, 4.69) is 49.9 Å². The van der Waals surface area contributed by atoms with Gasteiger partial charge in [-0.05, 0) is 47.2 Å². The molecule has 2 aromatic carbocycles. The number of allylic oxidation sites excluding steroid dienone is 1. The molecule has 0 amide bonds. The molecule has 0 aliphatic heterocycles. The molecule has 93 valence electrons. The van der Waals surface area contributed by atoms with E-state index in [4.69, 9.17) is 0 Å². The Morgan fingerprint density at radius 1 is 1.22 bits per heavy atom. The van der Waals surface area contributed by atoms with Gasteiger partial charge in [-0.15, -0.1) is 6.58 Å². The zero-order valence-electron chi connectivity index (χ0n) is 11.2. The van der Waals surface area contributed by atoms with E-state index in [1.807, 2.05) is 6.08 Å². The number of aryl methyl sites for hydroxylation is 1. The minimum absolute atomic E-state index is 0.947. The Hall–Kier alpha value is -1.56. The number of unbranched alkanes of at least 4 members (excludes halogenated alkanes) is 2. The average Bonchev–Trinajstić information content (AvgIpc) is 2.40. The van der Waals surface area contributed by atoms with Gasteiger partial charge in [-0.25, -0.2) is 0 Å². The molecular weight excluding hydrogens is 216 g/mol. The molecule has 0 aromatic heterocycles. The van der Waals surface area contributed by atoms with E-state index in [1.165, 1.54) is 41.2 Å². The summed E-state index contributed by atoms with van der Waals surface area (Å²) in [5.41, 5.74) is 2.77. The third kappa shape index (κ3) is 3.01. The SMILES string of the molecule is C=CCc1cc2ccccc2[c]c1CCCCC. The third-order valence-corrected chi connectivity index (χ3v) is 3.36. The Balaban J connectivity index is 2.34. The van der Waals surface area contributed by atoms with Crippen molar-refractivity contribution < 1.29 is 0 Å². The van der Waals surface area contributed by atoms with Gasteiger partial charge in [0.15, 0.2) is 0 Å². The van der Waals surface area contributed by atoms with Gasteiger partial charge in [-0.1, -0.05) is 56.2 Å². The molecule has 0 heteroatoms. The molecule has 0 bridgehead atoms. The van der Waals surface area contributed by atoms with E-state index < -0.39 is 0 Å². The zero-order chi connectivity index (χ0) is 12.8. The first-order valence-corrected chi connectivity index (χ1v) is 6.89. The molecule has 0 saturated carbocycles. The molecule has 0 aliphatic carbocycles. The van der Waals surface area contributed by atoms with Crippen molar-refractivity contribution in [1.29, 1.82) is 0 Å². The van der Waals surface area contributed by atoms with Crippen LogP contribution < -0.4 is 0 Å². The molecular formula is C18H21. The zero-order valence-corrected chi connectivity index (χ0v) is 11.2. The van der Waals surface area contributed by atoms with E-state index >= 15 is 0 Å². The van der Waals surface area contributed by atoms with Crippen molar-refractivity contribution in [3.8, 4) is 0 Å². The smallest absolute Gasteiger partial charge is 0.00613 e. The largest absolute Gasteiger partial charge is 0.103 e. The fourth-order valence-corrected chi connectivity index (χ4v) is 2.37. The van der Waals surface area contributed by atoms with Gasteiger partial charge in [0.1, 0.15) is 0 Å². The number of rotatable bonds is 6. The molecule has 0 spiro atoms. The van der Waals surface area contributed by atoms with Crippen molar-refractivity contribution >= 4 is 10.8 Å². The van der Waals surface area contributed by atoms with Gasteiger partial charge in [-0.2, -0.15) is 0 Å². The summed E-state index contributed by atoms with van der Waals surface area (Å²) in [4.78, 5) is 0. The van der Waals surface area contributed by atoms with E-state index in [1.54, 1.807) is 0 Å². The van der Waals surface area contributed by atoms with E-state index in [-0.39, 0.29) is 0 Å². The van der Waals surface area contributed by atoms with Crippen molar-refractivity contribution in [3.63, 3.8) is 0 Å². The second-order valence-corrected chi connectivity index (χ2v) is 4.81. The van der Waals surface area contributed by atoms with E-state index in [9.17, 15) is 0 Å². The third-order valence-electron chi connectivity index (χ3n) is 3.36. The molecule has 0 atom stereocenters. The maximum atomic E-state index is 3.86. The second kappa shape index (κ2) is 6.39. The van der Waals surface area contributed by atoms with Crippen LogP contribution in [0.25, 0.3) is 10.8 Å². The number of fused-ring (bicyclic) bond motifs is 1. The van der Waals surface area contributed by atoms with Gasteiger partial charge >= 0.3 is 0 Å². The van der Waals surface area contributed by atoms with Crippen LogP contribution in [-0.4, -0.2) is 0 Å². The van der Waals surface area contributed by atoms with Crippen LogP contribution in [0.2, 0.25) is 0 Å². The first-order chi connectivity index (χ1) is 8.85. The predicted molar refractivity (Wildman–Crippen MR) is 79.9 cm³/mol. The topological polar surface area (TPSA) is 0 Å². The molecule has 0 nitrogen and oxygen atoms in total. The lowest BCUT2D eigenvalue weighted by atomic mass is 9.95. The summed E-state index contributed by atoms with van der Waals surface area (Å²) < 4.78 is 0. The first-order valence-electron chi connectivity index (χ1n) is 6.89. The highest BCUT2D eigenvalue weighted by molar-refractivity contribution is 5.83. The van der Waals surface area contributed by atoms with Crippen molar-refractivity contribution in [3.05, 3.63) is 60.2 Å². The quantitative estimate of drug-likeness (QED) is 0.484. The highest BCUT2D eigenvalue weighted by Gasteiger charge is 2.04. The summed E-state index contributed by atoms with van der Waals surface area (Å²) in [5, 5.41) is 2.52. The van der Waals surface area contributed by atoms with Crippen LogP contribution in [0.15, 0.2) is 43.0 Å². The summed E-state index contributed by atoms with van der Waals surface area (Å²) >= 11 is 0. The lowest BCUT2D eigenvalue weighted by Crippen LogP contribution is -1.95. The first kappa shape index (κ1) is 12.9. The van der Waals surface area contributed by atoms with Crippen LogP contribution in [0.5, 0.6) is 0 Å². The number of hydrogen-bond donors (Lipinski definition) is 0. The molecule has 0 saturated heterocycles. The van der Waals surface area contributed by atoms with Crippen LogP contribution >= 0.6 is 0 Å². The standard InChI is InChI=1S/C18H21/c1-3-5-6-10-16-14-18-12-8-7-11-17(18)13-15(16)9-4-2/h4,7-8,11-13H,2-3,5-6,9-10H2,1H3. The van der Waals surface area contributed by atoms with Gasteiger partial charge in [0.05, 0.1) is 0 Å². The van der Waals surface area contributed by atoms with Crippen molar-refractivity contribution in [1.82, 2.24) is 0 Å². The minimum Gasteiger partial charge on any atom is -0.103 e. The van der Waals surface area contributed by atoms with Crippen molar-refractivity contribution in [2.45, 2.75) is 39.0 Å².